The van der Waals surface area contributed by atoms with Crippen LogP contribution >= 0.6 is 15.9 Å². The summed E-state index contributed by atoms with van der Waals surface area (Å²) in [7, 11) is 0. The van der Waals surface area contributed by atoms with Crippen LogP contribution < -0.4 is 5.73 Å². The number of rotatable bonds is 2. The number of hydrogen-bond donors (Lipinski definition) is 1. The van der Waals surface area contributed by atoms with Crippen LogP contribution in [0.3, 0.4) is 0 Å². The lowest BCUT2D eigenvalue weighted by Gasteiger charge is -2.17. The van der Waals surface area contributed by atoms with Crippen molar-refractivity contribution in [2.75, 3.05) is 5.73 Å². The fourth-order valence-corrected chi connectivity index (χ4v) is 3.10. The molecule has 0 aliphatic rings. The van der Waals surface area contributed by atoms with Crippen molar-refractivity contribution in [3.63, 3.8) is 0 Å². The topological polar surface area (TPSA) is 62.7 Å². The van der Waals surface area contributed by atoms with E-state index in [-0.39, 0.29) is 11.3 Å². The van der Waals surface area contributed by atoms with E-state index in [9.17, 15) is 27.2 Å². The number of anilines is 1. The number of benzene rings is 2. The van der Waals surface area contributed by atoms with Gasteiger partial charge in [-0.2, -0.15) is 5.26 Å². The summed E-state index contributed by atoms with van der Waals surface area (Å²) in [5, 5.41) is 9.38. The van der Waals surface area contributed by atoms with Gasteiger partial charge in [0.2, 0.25) is 5.82 Å². The largest absolute Gasteiger partial charge is 0.383 e. The first-order valence-corrected chi connectivity index (χ1v) is 8.46. The molecule has 1 aromatic heterocycles. The summed E-state index contributed by atoms with van der Waals surface area (Å²) in [5.41, 5.74) is 4.21. The number of halogens is 6. The van der Waals surface area contributed by atoms with Gasteiger partial charge in [-0.05, 0) is 24.6 Å². The standard InChI is InChI=1S/C19H9BrF5N3/c1-7-11(12-13(21)15(23)17(25)16(24)14(12)22)10(6-26)19(27)28-18(7)8-2-4-9(20)5-3-8/h2-5H,1H3,(H2,27,28). The van der Waals surface area contributed by atoms with Crippen LogP contribution in [0.5, 0.6) is 0 Å². The molecule has 3 aromatic rings. The molecule has 0 unspecified atom stereocenters. The summed E-state index contributed by atoms with van der Waals surface area (Å²) in [6.45, 7) is 1.36. The molecule has 28 heavy (non-hydrogen) atoms. The van der Waals surface area contributed by atoms with E-state index in [1.165, 1.54) is 6.92 Å². The maximum absolute atomic E-state index is 14.4. The molecule has 0 aliphatic heterocycles. The summed E-state index contributed by atoms with van der Waals surface area (Å²) in [6, 6.07) is 8.21. The number of nitriles is 1. The number of nitrogen functional groups attached to an aromatic ring is 1. The van der Waals surface area contributed by atoms with E-state index in [0.717, 1.165) is 4.47 Å². The molecule has 0 saturated carbocycles. The van der Waals surface area contributed by atoms with Gasteiger partial charge in [0.05, 0.1) is 11.3 Å². The molecule has 0 radical (unpaired) electrons. The maximum atomic E-state index is 14.4. The highest BCUT2D eigenvalue weighted by molar-refractivity contribution is 9.10. The second kappa shape index (κ2) is 7.20. The predicted molar refractivity (Wildman–Crippen MR) is 96.5 cm³/mol. The van der Waals surface area contributed by atoms with Crippen LogP contribution in [0.1, 0.15) is 11.1 Å². The molecule has 0 saturated heterocycles. The number of nitrogens with zero attached hydrogens (tertiary/aromatic N) is 2. The molecule has 3 rings (SSSR count). The summed E-state index contributed by atoms with van der Waals surface area (Å²) >= 11 is 3.26. The van der Waals surface area contributed by atoms with E-state index >= 15 is 0 Å². The van der Waals surface area contributed by atoms with Crippen molar-refractivity contribution in [1.29, 1.82) is 5.26 Å². The van der Waals surface area contributed by atoms with Crippen molar-refractivity contribution < 1.29 is 22.0 Å². The Labute approximate surface area is 164 Å². The van der Waals surface area contributed by atoms with Crippen molar-refractivity contribution in [2.24, 2.45) is 0 Å². The number of pyridine rings is 1. The molecule has 2 aromatic carbocycles. The Balaban J connectivity index is 2.46. The monoisotopic (exact) mass is 453 g/mol. The minimum Gasteiger partial charge on any atom is -0.383 e. The molecule has 142 valence electrons. The molecular weight excluding hydrogens is 445 g/mol. The van der Waals surface area contributed by atoms with Crippen LogP contribution in [-0.4, -0.2) is 4.98 Å². The first-order valence-electron chi connectivity index (χ1n) is 7.66. The molecule has 9 heteroatoms. The second-order valence-electron chi connectivity index (χ2n) is 5.78. The van der Waals surface area contributed by atoms with Crippen molar-refractivity contribution in [3.8, 4) is 28.5 Å². The van der Waals surface area contributed by atoms with Gasteiger partial charge >= 0.3 is 0 Å². The Hall–Kier alpha value is -2.99. The minimum absolute atomic E-state index is 0.0382. The third-order valence-corrected chi connectivity index (χ3v) is 4.69. The molecule has 0 fully saturated rings. The fourth-order valence-electron chi connectivity index (χ4n) is 2.83. The van der Waals surface area contributed by atoms with Crippen LogP contribution in [0.2, 0.25) is 0 Å². The number of hydrogen-bond acceptors (Lipinski definition) is 3. The van der Waals surface area contributed by atoms with Gasteiger partial charge in [0.15, 0.2) is 23.3 Å². The molecule has 0 amide bonds. The Kier molecular flexibility index (Phi) is 5.08. The summed E-state index contributed by atoms with van der Waals surface area (Å²) in [6.07, 6.45) is 0. The molecule has 1 heterocycles. The van der Waals surface area contributed by atoms with Crippen molar-refractivity contribution in [1.82, 2.24) is 4.98 Å². The quantitative estimate of drug-likeness (QED) is 0.310. The number of aromatic nitrogens is 1. The van der Waals surface area contributed by atoms with Crippen molar-refractivity contribution >= 4 is 21.7 Å². The van der Waals surface area contributed by atoms with Crippen LogP contribution in [0, 0.1) is 47.3 Å². The highest BCUT2D eigenvalue weighted by Gasteiger charge is 2.30. The van der Waals surface area contributed by atoms with Gasteiger partial charge in [-0.15, -0.1) is 0 Å². The molecular formula is C19H9BrF5N3. The lowest BCUT2D eigenvalue weighted by molar-refractivity contribution is 0.381. The summed E-state index contributed by atoms with van der Waals surface area (Å²) < 4.78 is 70.4. The predicted octanol–water partition coefficient (Wildman–Crippen LogP) is 5.64. The van der Waals surface area contributed by atoms with Crippen molar-refractivity contribution in [2.45, 2.75) is 6.92 Å². The zero-order valence-electron chi connectivity index (χ0n) is 14.0. The normalized spacial score (nSPS) is 10.8. The van der Waals surface area contributed by atoms with Gasteiger partial charge in [-0.1, -0.05) is 28.1 Å². The van der Waals surface area contributed by atoms with Gasteiger partial charge in [-0.3, -0.25) is 0 Å². The zero-order chi connectivity index (χ0) is 20.7. The Morgan fingerprint density at radius 2 is 1.39 bits per heavy atom. The van der Waals surface area contributed by atoms with Gasteiger partial charge in [0.25, 0.3) is 0 Å². The number of nitrogens with two attached hydrogens (primary N) is 1. The van der Waals surface area contributed by atoms with E-state index in [2.05, 4.69) is 20.9 Å². The molecule has 0 aliphatic carbocycles. The van der Waals surface area contributed by atoms with Gasteiger partial charge < -0.3 is 5.73 Å². The average molecular weight is 454 g/mol. The van der Waals surface area contributed by atoms with Crippen LogP contribution in [-0.2, 0) is 0 Å². The van der Waals surface area contributed by atoms with E-state index in [1.807, 2.05) is 0 Å². The van der Waals surface area contributed by atoms with E-state index in [4.69, 9.17) is 5.73 Å². The van der Waals surface area contributed by atoms with E-state index in [0.29, 0.717) is 5.56 Å². The smallest absolute Gasteiger partial charge is 0.200 e. The van der Waals surface area contributed by atoms with Gasteiger partial charge in [0.1, 0.15) is 17.5 Å². The average Bonchev–Trinajstić information content (AvgIpc) is 2.68. The van der Waals surface area contributed by atoms with Gasteiger partial charge in [-0.25, -0.2) is 26.9 Å². The third kappa shape index (κ3) is 2.99. The lowest BCUT2D eigenvalue weighted by Crippen LogP contribution is -2.09. The van der Waals surface area contributed by atoms with Crippen LogP contribution in [0.15, 0.2) is 28.7 Å². The first kappa shape index (κ1) is 19.8. The SMILES string of the molecule is Cc1c(-c2ccc(Br)cc2)nc(N)c(C#N)c1-c1c(F)c(F)c(F)c(F)c1F. The summed E-state index contributed by atoms with van der Waals surface area (Å²) in [5.74, 6) is -11.0. The lowest BCUT2D eigenvalue weighted by atomic mass is 9.92. The van der Waals surface area contributed by atoms with E-state index in [1.54, 1.807) is 30.3 Å². The van der Waals surface area contributed by atoms with Crippen LogP contribution in [0.25, 0.3) is 22.4 Å². The molecule has 3 nitrogen and oxygen atoms in total. The van der Waals surface area contributed by atoms with Gasteiger partial charge in [0, 0.05) is 15.6 Å². The Morgan fingerprint density at radius 3 is 1.89 bits per heavy atom. The van der Waals surface area contributed by atoms with Crippen LogP contribution in [0.4, 0.5) is 27.8 Å². The Bertz CT molecular complexity index is 1130. The zero-order valence-corrected chi connectivity index (χ0v) is 15.6. The molecule has 0 spiro atoms. The second-order valence-corrected chi connectivity index (χ2v) is 6.70. The Morgan fingerprint density at radius 1 is 0.893 bits per heavy atom. The molecule has 0 atom stereocenters. The van der Waals surface area contributed by atoms with E-state index < -0.39 is 51.6 Å². The minimum atomic E-state index is -2.29. The van der Waals surface area contributed by atoms with Crippen molar-refractivity contribution in [3.05, 3.63) is 69.0 Å². The highest BCUT2D eigenvalue weighted by atomic mass is 79.9. The summed E-state index contributed by atoms with van der Waals surface area (Å²) in [4.78, 5) is 4.08. The highest BCUT2D eigenvalue weighted by Crippen LogP contribution is 2.40. The fraction of sp³-hybridized carbons (Fsp3) is 0.0526. The first-order chi connectivity index (χ1) is 13.2. The third-order valence-electron chi connectivity index (χ3n) is 4.16. The maximum Gasteiger partial charge on any atom is 0.200 e. The molecule has 2 N–H and O–H groups in total. The molecule has 0 bridgehead atoms.